The predicted molar refractivity (Wildman–Crippen MR) is 172 cm³/mol. The van der Waals surface area contributed by atoms with E-state index in [-0.39, 0.29) is 54.8 Å². The number of carbonyl (C=O) groups excluding carboxylic acids is 4. The van der Waals surface area contributed by atoms with Crippen LogP contribution in [0.2, 0.25) is 25.7 Å². The molecule has 44 heavy (non-hydrogen) atoms. The summed E-state index contributed by atoms with van der Waals surface area (Å²) in [6, 6.07) is 1.10. The monoisotopic (exact) mass is 642 g/mol. The van der Waals surface area contributed by atoms with E-state index in [1.165, 1.54) is 6.04 Å². The predicted octanol–water partition coefficient (Wildman–Crippen LogP) is 5.99. The van der Waals surface area contributed by atoms with Crippen LogP contribution in [-0.2, 0) is 33.3 Å². The Morgan fingerprint density at radius 3 is 2.14 bits per heavy atom. The van der Waals surface area contributed by atoms with Crippen molar-refractivity contribution in [2.24, 2.45) is 10.8 Å². The Bertz CT molecular complexity index is 935. The zero-order valence-corrected chi connectivity index (χ0v) is 29.3. The van der Waals surface area contributed by atoms with Crippen LogP contribution in [0.25, 0.3) is 0 Å². The molecule has 1 rings (SSSR count). The van der Waals surface area contributed by atoms with Crippen LogP contribution < -0.4 is 10.6 Å². The average molecular weight is 643 g/mol. The van der Waals surface area contributed by atoms with Crippen molar-refractivity contribution in [3.05, 3.63) is 12.2 Å². The zero-order valence-electron chi connectivity index (χ0n) is 28.3. The number of unbranched alkanes of at least 4 members (excludes halogenated alkanes) is 2. The molecule has 11 nitrogen and oxygen atoms in total. The van der Waals surface area contributed by atoms with Crippen molar-refractivity contribution < 1.29 is 42.9 Å². The molecular formula is C32H58N2O9Si. The lowest BCUT2D eigenvalue weighted by Gasteiger charge is -2.46. The third kappa shape index (κ3) is 19.6. The lowest BCUT2D eigenvalue weighted by molar-refractivity contribution is -0.145. The number of hydrogen-bond acceptors (Lipinski definition) is 9. The van der Waals surface area contributed by atoms with Crippen molar-refractivity contribution in [2.45, 2.75) is 111 Å². The fraction of sp³-hybridized carbons (Fsp3) is 0.812. The maximum absolute atomic E-state index is 12.3. The van der Waals surface area contributed by atoms with Gasteiger partial charge in [-0.25, -0.2) is 14.4 Å². The third-order valence-corrected chi connectivity index (χ3v) is 9.14. The summed E-state index contributed by atoms with van der Waals surface area (Å²) in [5.41, 5.74) is -0.0326. The Morgan fingerprint density at radius 1 is 0.795 bits per heavy atom. The second-order valence-corrected chi connectivity index (χ2v) is 19.9. The number of amides is 2. The molecule has 0 aromatic rings. The molecule has 0 spiro atoms. The van der Waals surface area contributed by atoms with Crippen LogP contribution in [0.4, 0.5) is 9.59 Å². The molecule has 2 unspecified atom stereocenters. The molecule has 254 valence electrons. The Morgan fingerprint density at radius 2 is 1.45 bits per heavy atom. The molecule has 2 amide bonds. The normalized spacial score (nSPS) is 19.4. The van der Waals surface area contributed by atoms with Crippen LogP contribution >= 0.6 is 0 Å². The highest BCUT2D eigenvalue weighted by Crippen LogP contribution is 2.45. The van der Waals surface area contributed by atoms with Gasteiger partial charge in [-0.3, -0.25) is 4.79 Å². The van der Waals surface area contributed by atoms with Crippen molar-refractivity contribution in [1.82, 2.24) is 10.6 Å². The largest absolute Gasteiger partial charge is 0.463 e. The highest BCUT2D eigenvalue weighted by atomic mass is 28.3. The molecule has 0 bridgehead atoms. The molecule has 1 aliphatic rings. The van der Waals surface area contributed by atoms with E-state index >= 15 is 0 Å². The Labute approximate surface area is 265 Å². The number of esters is 2. The summed E-state index contributed by atoms with van der Waals surface area (Å²) in [5.74, 6) is -0.759. The molecule has 0 heterocycles. The van der Waals surface area contributed by atoms with Gasteiger partial charge in [0.2, 0.25) is 0 Å². The first-order valence-corrected chi connectivity index (χ1v) is 19.6. The van der Waals surface area contributed by atoms with Gasteiger partial charge in [0.25, 0.3) is 0 Å². The fourth-order valence-electron chi connectivity index (χ4n) is 5.61. The Balaban J connectivity index is 2.21. The van der Waals surface area contributed by atoms with Crippen molar-refractivity contribution in [2.75, 3.05) is 46.2 Å². The standard InChI is InChI=1S/C32H58N2O9Si/c1-25(2)28(36)41-18-19-43-30(38)34-26-21-31(3,4)23-32(5,22-26)24-33-29(37)42-15-11-9-10-13-27(35)40-17-16-39-14-12-20-44(6,7)8/h26H,1,9-24H2,2-8H3,(H,33,37)(H,34,38). The molecular weight excluding hydrogens is 584 g/mol. The van der Waals surface area contributed by atoms with Gasteiger partial charge in [-0.15, -0.1) is 0 Å². The van der Waals surface area contributed by atoms with Crippen LogP contribution in [0.1, 0.15) is 79.1 Å². The Kier molecular flexibility index (Phi) is 17.7. The molecule has 1 aliphatic carbocycles. The number of carbonyl (C=O) groups is 4. The van der Waals surface area contributed by atoms with Crippen LogP contribution in [0.5, 0.6) is 0 Å². The van der Waals surface area contributed by atoms with Crippen LogP contribution in [0.3, 0.4) is 0 Å². The SMILES string of the molecule is C=C(C)C(=O)OCCOC(=O)NC1CC(C)(C)CC(C)(CNC(=O)OCCCCCC(=O)OCCOCCC[Si](C)(C)C)C1. The third-order valence-electron chi connectivity index (χ3n) is 7.29. The van der Waals surface area contributed by atoms with E-state index in [1.54, 1.807) is 6.92 Å². The summed E-state index contributed by atoms with van der Waals surface area (Å²) < 4.78 is 26.2. The molecule has 1 saturated carbocycles. The number of ether oxygens (including phenoxy) is 5. The van der Waals surface area contributed by atoms with E-state index in [9.17, 15) is 19.2 Å². The van der Waals surface area contributed by atoms with Crippen LogP contribution in [-0.4, -0.2) is 84.4 Å². The fourth-order valence-corrected chi connectivity index (χ4v) is 6.82. The maximum Gasteiger partial charge on any atom is 0.407 e. The van der Waals surface area contributed by atoms with E-state index in [0.717, 1.165) is 25.7 Å². The summed E-state index contributed by atoms with van der Waals surface area (Å²) in [7, 11) is -1.03. The molecule has 2 atom stereocenters. The quantitative estimate of drug-likeness (QED) is 0.0539. The van der Waals surface area contributed by atoms with Crippen molar-refractivity contribution in [1.29, 1.82) is 0 Å². The minimum absolute atomic E-state index is 0.0411. The van der Waals surface area contributed by atoms with Gasteiger partial charge < -0.3 is 34.3 Å². The molecule has 0 aliphatic heterocycles. The van der Waals surface area contributed by atoms with Gasteiger partial charge in [0.05, 0.1) is 13.2 Å². The molecule has 0 saturated heterocycles. The van der Waals surface area contributed by atoms with Gasteiger partial charge in [0.15, 0.2) is 0 Å². The summed E-state index contributed by atoms with van der Waals surface area (Å²) >= 11 is 0. The number of hydrogen-bond donors (Lipinski definition) is 2. The summed E-state index contributed by atoms with van der Waals surface area (Å²) in [6.07, 6.45) is 4.72. The van der Waals surface area contributed by atoms with Gasteiger partial charge in [0, 0.05) is 39.3 Å². The topological polar surface area (TPSA) is 138 Å². The van der Waals surface area contributed by atoms with Gasteiger partial charge in [-0.05, 0) is 62.7 Å². The van der Waals surface area contributed by atoms with Gasteiger partial charge in [0.1, 0.15) is 19.8 Å². The number of alkyl carbamates (subject to hydrolysis) is 2. The van der Waals surface area contributed by atoms with Gasteiger partial charge >= 0.3 is 24.1 Å². The zero-order chi connectivity index (χ0) is 33.2. The van der Waals surface area contributed by atoms with E-state index in [4.69, 9.17) is 23.7 Å². The van der Waals surface area contributed by atoms with Gasteiger partial charge in [-0.1, -0.05) is 53.0 Å². The molecule has 2 N–H and O–H groups in total. The molecule has 0 radical (unpaired) electrons. The van der Waals surface area contributed by atoms with Crippen LogP contribution in [0.15, 0.2) is 12.2 Å². The van der Waals surface area contributed by atoms with Gasteiger partial charge in [-0.2, -0.15) is 0 Å². The molecule has 0 aromatic heterocycles. The lowest BCUT2D eigenvalue weighted by Crippen LogP contribution is -2.50. The van der Waals surface area contributed by atoms with Crippen molar-refractivity contribution in [3.8, 4) is 0 Å². The summed E-state index contributed by atoms with van der Waals surface area (Å²) in [5, 5.41) is 5.79. The molecule has 12 heteroatoms. The van der Waals surface area contributed by atoms with E-state index < -0.39 is 26.2 Å². The maximum atomic E-state index is 12.3. The second-order valence-electron chi connectivity index (χ2n) is 14.3. The van der Waals surface area contributed by atoms with E-state index in [1.807, 2.05) is 0 Å². The smallest absolute Gasteiger partial charge is 0.407 e. The van der Waals surface area contributed by atoms with E-state index in [0.29, 0.717) is 45.4 Å². The first kappa shape index (κ1) is 39.4. The minimum atomic E-state index is -1.03. The second kappa shape index (κ2) is 19.7. The molecule has 0 aromatic carbocycles. The van der Waals surface area contributed by atoms with Crippen molar-refractivity contribution >= 4 is 32.2 Å². The number of rotatable bonds is 20. The minimum Gasteiger partial charge on any atom is -0.463 e. The first-order valence-electron chi connectivity index (χ1n) is 15.9. The highest BCUT2D eigenvalue weighted by Gasteiger charge is 2.42. The lowest BCUT2D eigenvalue weighted by atomic mass is 9.62. The van der Waals surface area contributed by atoms with Crippen molar-refractivity contribution in [3.63, 3.8) is 0 Å². The Hall–Kier alpha value is -2.60. The summed E-state index contributed by atoms with van der Waals surface area (Å²) in [4.78, 5) is 48.0. The molecule has 1 fully saturated rings. The highest BCUT2D eigenvalue weighted by molar-refractivity contribution is 6.76. The van der Waals surface area contributed by atoms with E-state index in [2.05, 4.69) is 57.6 Å². The number of nitrogens with one attached hydrogen (secondary N) is 2. The summed E-state index contributed by atoms with van der Waals surface area (Å²) in [6.45, 7) is 20.4. The average Bonchev–Trinajstić information content (AvgIpc) is 2.89. The first-order chi connectivity index (χ1) is 20.5. The van der Waals surface area contributed by atoms with Crippen LogP contribution in [0, 0.1) is 10.8 Å².